The lowest BCUT2D eigenvalue weighted by Gasteiger charge is -2.44. The molecule has 0 unspecified atom stereocenters. The molecule has 35 heavy (non-hydrogen) atoms. The van der Waals surface area contributed by atoms with Crippen molar-refractivity contribution in [3.63, 3.8) is 0 Å². The summed E-state index contributed by atoms with van der Waals surface area (Å²) in [5.41, 5.74) is 0.812. The topological polar surface area (TPSA) is 102 Å². The molecule has 2 saturated heterocycles. The van der Waals surface area contributed by atoms with Crippen LogP contribution >= 0.6 is 0 Å². The van der Waals surface area contributed by atoms with E-state index in [-0.39, 0.29) is 9.79 Å². The molecule has 0 saturated carbocycles. The summed E-state index contributed by atoms with van der Waals surface area (Å²) in [4.78, 5) is 2.19. The zero-order valence-corrected chi connectivity index (χ0v) is 21.6. The summed E-state index contributed by atoms with van der Waals surface area (Å²) >= 11 is 0. The molecule has 1 aromatic heterocycles. The van der Waals surface area contributed by atoms with E-state index in [1.165, 1.54) is 38.4 Å². The van der Waals surface area contributed by atoms with Crippen molar-refractivity contribution in [3.8, 4) is 0 Å². The van der Waals surface area contributed by atoms with Crippen LogP contribution in [0.3, 0.4) is 0 Å². The zero-order valence-electron chi connectivity index (χ0n) is 19.9. The van der Waals surface area contributed by atoms with Crippen LogP contribution in [0.25, 0.3) is 10.9 Å². The van der Waals surface area contributed by atoms with E-state index < -0.39 is 20.0 Å². The van der Waals surface area contributed by atoms with Crippen LogP contribution in [0.5, 0.6) is 0 Å². The van der Waals surface area contributed by atoms with Gasteiger partial charge in [0.25, 0.3) is 10.0 Å². The molecule has 0 N–H and O–H groups in total. The van der Waals surface area contributed by atoms with Crippen LogP contribution in [-0.4, -0.2) is 70.7 Å². The van der Waals surface area contributed by atoms with Gasteiger partial charge in [0, 0.05) is 45.8 Å². The third-order valence-corrected chi connectivity index (χ3v) is 10.8. The molecule has 2 aliphatic heterocycles. The van der Waals surface area contributed by atoms with Gasteiger partial charge in [-0.1, -0.05) is 12.1 Å². The summed E-state index contributed by atoms with van der Waals surface area (Å²) in [6.45, 7) is 3.26. The van der Waals surface area contributed by atoms with E-state index in [0.717, 1.165) is 65.8 Å². The molecule has 11 heteroatoms. The zero-order chi connectivity index (χ0) is 24.8. The SMILES string of the molecule is CN(C)S(=O)(=O)c1ccc(S(=O)(=O)n2nc(N3CCC4(CCOCC4)CC3)c3ccccc32)cc1. The number of nitrogens with zero attached hydrogens (tertiary/aromatic N) is 4. The predicted octanol–water partition coefficient (Wildman–Crippen LogP) is 2.92. The Bertz CT molecular complexity index is 1430. The number of fused-ring (bicyclic) bond motifs is 1. The van der Waals surface area contributed by atoms with Crippen molar-refractivity contribution in [2.45, 2.75) is 35.5 Å². The van der Waals surface area contributed by atoms with Gasteiger partial charge >= 0.3 is 0 Å². The van der Waals surface area contributed by atoms with E-state index in [2.05, 4.69) is 10.00 Å². The molecule has 2 aliphatic rings. The number of piperidine rings is 1. The Morgan fingerprint density at radius 2 is 1.46 bits per heavy atom. The normalized spacial score (nSPS) is 19.0. The fraction of sp³-hybridized carbons (Fsp3) is 0.458. The van der Waals surface area contributed by atoms with Crippen molar-refractivity contribution in [2.75, 3.05) is 45.3 Å². The third-order valence-electron chi connectivity index (χ3n) is 7.34. The van der Waals surface area contributed by atoms with E-state index in [9.17, 15) is 16.8 Å². The Balaban J connectivity index is 1.49. The van der Waals surface area contributed by atoms with E-state index in [4.69, 9.17) is 4.74 Å². The maximum atomic E-state index is 13.6. The minimum atomic E-state index is -4.04. The van der Waals surface area contributed by atoms with Crippen LogP contribution in [0.1, 0.15) is 25.7 Å². The quantitative estimate of drug-likeness (QED) is 0.512. The van der Waals surface area contributed by atoms with Crippen molar-refractivity contribution in [3.05, 3.63) is 48.5 Å². The molecule has 0 radical (unpaired) electrons. The first-order valence-electron chi connectivity index (χ1n) is 11.7. The molecular formula is C24H30N4O5S2. The van der Waals surface area contributed by atoms with Gasteiger partial charge in [-0.15, -0.1) is 5.10 Å². The number of benzene rings is 2. The Kier molecular flexibility index (Phi) is 6.15. The number of para-hydroxylation sites is 1. The average Bonchev–Trinajstić information content (AvgIpc) is 3.26. The number of ether oxygens (including phenoxy) is 1. The number of hydrogen-bond acceptors (Lipinski definition) is 7. The largest absolute Gasteiger partial charge is 0.381 e. The molecule has 0 amide bonds. The van der Waals surface area contributed by atoms with E-state index in [1.807, 2.05) is 12.1 Å². The van der Waals surface area contributed by atoms with Gasteiger partial charge in [-0.3, -0.25) is 0 Å². The summed E-state index contributed by atoms with van der Waals surface area (Å²) < 4.78 is 59.6. The number of aromatic nitrogens is 2. The van der Waals surface area contributed by atoms with Gasteiger partial charge in [-0.2, -0.15) is 12.5 Å². The van der Waals surface area contributed by atoms with Crippen molar-refractivity contribution >= 4 is 36.8 Å². The average molecular weight is 519 g/mol. The van der Waals surface area contributed by atoms with Crippen LogP contribution in [0.15, 0.2) is 58.3 Å². The Morgan fingerprint density at radius 3 is 2.09 bits per heavy atom. The first kappa shape index (κ1) is 24.2. The lowest BCUT2D eigenvalue weighted by Crippen LogP contribution is -2.43. The van der Waals surface area contributed by atoms with Gasteiger partial charge < -0.3 is 9.64 Å². The molecule has 3 heterocycles. The van der Waals surface area contributed by atoms with Gasteiger partial charge in [0.2, 0.25) is 10.0 Å². The van der Waals surface area contributed by atoms with Gasteiger partial charge in [0.15, 0.2) is 5.82 Å². The first-order chi connectivity index (χ1) is 16.6. The Morgan fingerprint density at radius 1 is 0.857 bits per heavy atom. The summed E-state index contributed by atoms with van der Waals surface area (Å²) in [5.74, 6) is 0.665. The Labute approximate surface area is 206 Å². The minimum absolute atomic E-state index is 0.0187. The van der Waals surface area contributed by atoms with E-state index in [0.29, 0.717) is 16.7 Å². The third kappa shape index (κ3) is 4.24. The molecule has 5 rings (SSSR count). The minimum Gasteiger partial charge on any atom is -0.381 e. The van der Waals surface area contributed by atoms with Crippen LogP contribution in [0, 0.1) is 5.41 Å². The van der Waals surface area contributed by atoms with Crippen molar-refractivity contribution in [2.24, 2.45) is 5.41 Å². The first-order valence-corrected chi connectivity index (χ1v) is 14.6. The van der Waals surface area contributed by atoms with Gasteiger partial charge in [-0.25, -0.2) is 12.7 Å². The summed E-state index contributed by atoms with van der Waals surface area (Å²) in [7, 11) is -4.83. The molecule has 3 aromatic rings. The highest BCUT2D eigenvalue weighted by atomic mass is 32.2. The lowest BCUT2D eigenvalue weighted by atomic mass is 9.72. The molecular weight excluding hydrogens is 488 g/mol. The van der Waals surface area contributed by atoms with Crippen LogP contribution in [0.2, 0.25) is 0 Å². The van der Waals surface area contributed by atoms with Gasteiger partial charge in [0.05, 0.1) is 15.3 Å². The molecule has 188 valence electrons. The maximum Gasteiger partial charge on any atom is 0.283 e. The Hall–Kier alpha value is -2.47. The molecule has 2 fully saturated rings. The monoisotopic (exact) mass is 518 g/mol. The second kappa shape index (κ2) is 8.88. The van der Waals surface area contributed by atoms with Gasteiger partial charge in [-0.05, 0) is 67.5 Å². The molecule has 0 bridgehead atoms. The highest BCUT2D eigenvalue weighted by Crippen LogP contribution is 2.42. The smallest absolute Gasteiger partial charge is 0.283 e. The predicted molar refractivity (Wildman–Crippen MR) is 134 cm³/mol. The molecule has 2 aromatic carbocycles. The van der Waals surface area contributed by atoms with Crippen molar-refractivity contribution in [1.29, 1.82) is 0 Å². The second-order valence-corrected chi connectivity index (χ2v) is 13.5. The van der Waals surface area contributed by atoms with Crippen LogP contribution in [0.4, 0.5) is 5.82 Å². The van der Waals surface area contributed by atoms with Gasteiger partial charge in [0.1, 0.15) is 0 Å². The highest BCUT2D eigenvalue weighted by molar-refractivity contribution is 7.90. The number of sulfonamides is 1. The van der Waals surface area contributed by atoms with E-state index in [1.54, 1.807) is 12.1 Å². The van der Waals surface area contributed by atoms with Crippen LogP contribution in [-0.2, 0) is 24.8 Å². The standard InChI is InChI=1S/C24H30N4O5S2/c1-26(2)34(29,30)19-7-9-20(10-8-19)35(31,32)28-22-6-4-3-5-21(22)23(25-28)27-15-11-24(12-16-27)13-17-33-18-14-24/h3-10H,11-18H2,1-2H3. The number of hydrogen-bond donors (Lipinski definition) is 0. The molecule has 9 nitrogen and oxygen atoms in total. The summed E-state index contributed by atoms with van der Waals surface area (Å²) in [6.07, 6.45) is 4.21. The number of rotatable bonds is 5. The highest BCUT2D eigenvalue weighted by Gasteiger charge is 2.37. The van der Waals surface area contributed by atoms with Crippen molar-refractivity contribution in [1.82, 2.24) is 13.5 Å². The molecule has 0 atom stereocenters. The van der Waals surface area contributed by atoms with Crippen LogP contribution < -0.4 is 4.90 Å². The van der Waals surface area contributed by atoms with Crippen molar-refractivity contribution < 1.29 is 21.6 Å². The fourth-order valence-corrected chi connectivity index (χ4v) is 7.22. The lowest BCUT2D eigenvalue weighted by molar-refractivity contribution is 0.00207. The summed E-state index contributed by atoms with van der Waals surface area (Å²) in [5, 5.41) is 5.38. The number of anilines is 1. The summed E-state index contributed by atoms with van der Waals surface area (Å²) in [6, 6.07) is 12.6. The molecule has 0 aliphatic carbocycles. The van der Waals surface area contributed by atoms with E-state index >= 15 is 0 Å². The fourth-order valence-electron chi connectivity index (χ4n) is 5.03. The molecule has 1 spiro atoms. The second-order valence-electron chi connectivity index (χ2n) is 9.55. The maximum absolute atomic E-state index is 13.6.